The Hall–Kier alpha value is -12.5. The number of anilines is 5. The van der Waals surface area contributed by atoms with Gasteiger partial charge in [-0.2, -0.15) is 24.9 Å². The van der Waals surface area contributed by atoms with Gasteiger partial charge in [0.25, 0.3) is 23.6 Å². The highest BCUT2D eigenvalue weighted by atomic mass is 19.1. The SMILES string of the molecule is CCc1ccc2nc(N3CCC(N[C@H](C)C(C)C)CC3)c(-c3nc(C)no3)cc2c1.CCc1ccc2nc(N3CCC(N[C@H](C)CC)CC3)c(-c3nc(C)no3)cc2c1.Cc1ccc2nc(N3CCC(NC4CCOCC4)CC3)c(-c3nc(C)no3)nc2c1.Cc1ccc2nc(N3CCC(N[C@H](C)C(C)C)CC3)c(-c3noc(C)n3)cc2c1.Cc1noc(-c2cc3c(F)cccc3nc2N2CCC(NCC(C)C)CC2)n1. The van der Waals surface area contributed by atoms with Gasteiger partial charge in [0.15, 0.2) is 34.8 Å². The third kappa shape index (κ3) is 26.3. The molecule has 0 spiro atoms. The van der Waals surface area contributed by atoms with E-state index in [1.165, 1.54) is 22.8 Å². The average Bonchev–Trinajstić information content (AvgIpc) is 1.67. The molecule has 6 aliphatic heterocycles. The van der Waals surface area contributed by atoms with Gasteiger partial charge < -0.3 is 78.4 Å². The second kappa shape index (κ2) is 48.4. The first-order valence-corrected chi connectivity index (χ1v) is 53.4. The zero-order chi connectivity index (χ0) is 102. The largest absolute Gasteiger partial charge is 0.381 e. The number of nitrogens with one attached hydrogen (secondary N) is 5. The molecule has 32 nitrogen and oxygen atoms in total. The van der Waals surface area contributed by atoms with Crippen molar-refractivity contribution < 1.29 is 31.7 Å². The minimum absolute atomic E-state index is 0.300. The number of rotatable bonds is 26. The number of aromatic nitrogens is 16. The van der Waals surface area contributed by atoms with Gasteiger partial charge >= 0.3 is 0 Å². The molecule has 6 aliphatic rings. The van der Waals surface area contributed by atoms with Gasteiger partial charge in [0.1, 0.15) is 29.1 Å². The van der Waals surface area contributed by atoms with Gasteiger partial charge in [0.05, 0.1) is 55.4 Å². The maximum absolute atomic E-state index is 14.3. The maximum atomic E-state index is 14.3. The van der Waals surface area contributed by atoms with Crippen molar-refractivity contribution in [2.24, 2.45) is 17.8 Å². The Kier molecular flexibility index (Phi) is 34.8. The average molecular weight is 1990 g/mol. The van der Waals surface area contributed by atoms with Crippen LogP contribution in [0.2, 0.25) is 0 Å². The van der Waals surface area contributed by atoms with Crippen LogP contribution in [0.3, 0.4) is 0 Å². The van der Waals surface area contributed by atoms with Crippen molar-refractivity contribution in [2.45, 2.75) is 282 Å². The van der Waals surface area contributed by atoms with E-state index >= 15 is 0 Å². The third-order valence-electron chi connectivity index (χ3n) is 29.5. The van der Waals surface area contributed by atoms with Gasteiger partial charge in [0, 0.05) is 162 Å². The molecule has 0 radical (unpaired) electrons. The Bertz CT molecular complexity index is 6830. The lowest BCUT2D eigenvalue weighted by Gasteiger charge is -2.36. The Labute approximate surface area is 857 Å². The molecule has 0 unspecified atom stereocenters. The van der Waals surface area contributed by atoms with E-state index in [1.807, 2.05) is 45.9 Å². The monoisotopic (exact) mass is 1990 g/mol. The molecule has 6 fully saturated rings. The predicted molar refractivity (Wildman–Crippen MR) is 579 cm³/mol. The fourth-order valence-corrected chi connectivity index (χ4v) is 20.0. The molecule has 5 N–H and O–H groups in total. The maximum Gasteiger partial charge on any atom is 0.280 e. The summed E-state index contributed by atoms with van der Waals surface area (Å²) in [5.41, 5.74) is 14.5. The number of hydrogen-bond acceptors (Lipinski definition) is 32. The first-order chi connectivity index (χ1) is 70.6. The van der Waals surface area contributed by atoms with Crippen LogP contribution in [0.25, 0.3) is 112 Å². The zero-order valence-corrected chi connectivity index (χ0v) is 88.9. The summed E-state index contributed by atoms with van der Waals surface area (Å²) in [5.74, 6) is 11.6. The van der Waals surface area contributed by atoms with E-state index < -0.39 is 0 Å². The number of ether oxygens (including phenoxy) is 1. The highest BCUT2D eigenvalue weighted by molar-refractivity contribution is 5.92. The Balaban J connectivity index is 0.000000125. The summed E-state index contributed by atoms with van der Waals surface area (Å²) in [6.07, 6.45) is 16.3. The molecule has 0 amide bonds. The van der Waals surface area contributed by atoms with Crippen LogP contribution in [0, 0.1) is 72.0 Å². The molecule has 5 aromatic carbocycles. The number of hydrogen-bond donors (Lipinski definition) is 5. The molecule has 0 bridgehead atoms. The van der Waals surface area contributed by atoms with Crippen LogP contribution in [0.1, 0.15) is 218 Å². The molecule has 0 aliphatic carbocycles. The van der Waals surface area contributed by atoms with E-state index in [0.29, 0.717) is 153 Å². The number of fused-ring (bicyclic) bond motifs is 5. The molecule has 774 valence electrons. The predicted octanol–water partition coefficient (Wildman–Crippen LogP) is 20.8. The molecule has 10 aromatic heterocycles. The summed E-state index contributed by atoms with van der Waals surface area (Å²) in [6.45, 7) is 52.4. The third-order valence-corrected chi connectivity index (χ3v) is 29.5. The standard InChI is InChI=1S/C24H33N5O.2C23H31N5O.C22H28N6O2.C21H26FN5O/c1-6-18-7-8-22-19(13-18)14-21(24-26-17(5)28-30-24)23(27-22)29-11-9-20(10-12-29)25-16(4)15(2)3;1-14(2)16(4)24-19-8-10-28(11-9-19)23-20(22-25-17(5)29-27-22)13-18-12-15(3)6-7-21(18)26-23;1-5-15(3)24-19-9-11-28(12-10-19)22-20(23-25-16(4)27-29-23)14-18-13-17(6-2)7-8-21(18)26-22;1-14-3-4-18-19(13-14)25-20(22-23-15(2)27-30-22)21(26-18)28-9-5-16(6-10-28)24-17-7-11-29-12-8-17;1-13(2)12-23-15-7-9-27(10-8-15)20-17(21-24-14(3)26-28-21)11-16-18(22)5-4-6-19(16)25-20/h7-8,13-16,20,25H,6,9-12H2,1-5H3;6-7,12-14,16,19,24H,8-11H2,1-5H3;7-8,13-15,19,24H,5-6,9-12H2,1-4H3;3-4,13,16-17,24H,5-12H2,1-2H3;4-6,11,13,15,23H,7-10,12H2,1-3H3/t2*16-;15-;;/m111../s1. The van der Waals surface area contributed by atoms with Gasteiger partial charge in [-0.3, -0.25) is 0 Å². The molecule has 146 heavy (non-hydrogen) atoms. The van der Waals surface area contributed by atoms with Crippen molar-refractivity contribution in [3.8, 4) is 57.3 Å². The molecular formula is C113H149FN26O6. The second-order valence-corrected chi connectivity index (χ2v) is 41.9. The molecule has 15 aromatic rings. The van der Waals surface area contributed by atoms with Crippen LogP contribution in [-0.2, 0) is 17.6 Å². The molecular weight excluding hydrogens is 1840 g/mol. The number of nitrogens with zero attached hydrogens (tertiary/aromatic N) is 21. The first kappa shape index (κ1) is 105. The van der Waals surface area contributed by atoms with Crippen molar-refractivity contribution in [3.05, 3.63) is 173 Å². The van der Waals surface area contributed by atoms with E-state index in [2.05, 4.69) is 278 Å². The fourth-order valence-electron chi connectivity index (χ4n) is 20.0. The highest BCUT2D eigenvalue weighted by Gasteiger charge is 2.34. The highest BCUT2D eigenvalue weighted by Crippen LogP contribution is 2.41. The lowest BCUT2D eigenvalue weighted by molar-refractivity contribution is 0.0738. The fraction of sp³-hybridized carbons (Fsp3) is 0.522. The molecule has 3 atom stereocenters. The van der Waals surface area contributed by atoms with Crippen molar-refractivity contribution in [1.29, 1.82) is 0 Å². The number of aryl methyl sites for hydroxylation is 9. The molecule has 21 rings (SSSR count). The van der Waals surface area contributed by atoms with E-state index in [4.69, 9.17) is 57.3 Å². The van der Waals surface area contributed by atoms with Crippen molar-refractivity contribution in [3.63, 3.8) is 0 Å². The molecule has 33 heteroatoms. The van der Waals surface area contributed by atoms with E-state index in [1.54, 1.807) is 19.1 Å². The van der Waals surface area contributed by atoms with Crippen molar-refractivity contribution in [2.75, 3.05) is 110 Å². The van der Waals surface area contributed by atoms with Crippen LogP contribution in [-0.4, -0.2) is 220 Å². The van der Waals surface area contributed by atoms with E-state index in [9.17, 15) is 4.39 Å². The summed E-state index contributed by atoms with van der Waals surface area (Å²) in [5, 5.41) is 42.7. The van der Waals surface area contributed by atoms with Crippen LogP contribution in [0.4, 0.5) is 33.5 Å². The van der Waals surface area contributed by atoms with Gasteiger partial charge in [-0.25, -0.2) is 34.3 Å². The number of pyridine rings is 4. The minimum Gasteiger partial charge on any atom is -0.381 e. The summed E-state index contributed by atoms with van der Waals surface area (Å²) in [4.78, 5) is 63.7. The lowest BCUT2D eigenvalue weighted by Crippen LogP contribution is -2.48. The topological polar surface area (TPSA) is 358 Å². The van der Waals surface area contributed by atoms with Crippen LogP contribution in [0.15, 0.2) is 138 Å². The second-order valence-electron chi connectivity index (χ2n) is 41.9. The lowest BCUT2D eigenvalue weighted by atomic mass is 9.99. The Morgan fingerprint density at radius 1 is 0.349 bits per heavy atom. The van der Waals surface area contributed by atoms with Gasteiger partial charge in [-0.15, -0.1) is 0 Å². The summed E-state index contributed by atoms with van der Waals surface area (Å²) in [7, 11) is 0. The van der Waals surface area contributed by atoms with Crippen LogP contribution in [0.5, 0.6) is 0 Å². The number of halogens is 1. The normalized spacial score (nSPS) is 16.9. The summed E-state index contributed by atoms with van der Waals surface area (Å²) >= 11 is 0. The Morgan fingerprint density at radius 2 is 0.747 bits per heavy atom. The van der Waals surface area contributed by atoms with Gasteiger partial charge in [-0.1, -0.05) is 124 Å². The smallest absolute Gasteiger partial charge is 0.280 e. The minimum atomic E-state index is -0.300. The molecule has 16 heterocycles. The quantitative estimate of drug-likeness (QED) is 0.0336. The summed E-state index contributed by atoms with van der Waals surface area (Å²) in [6, 6.07) is 43.7. The van der Waals surface area contributed by atoms with E-state index in [-0.39, 0.29) is 5.82 Å². The van der Waals surface area contributed by atoms with Crippen LogP contribution < -0.4 is 51.1 Å². The van der Waals surface area contributed by atoms with Crippen molar-refractivity contribution >= 4 is 83.7 Å². The molecule has 0 saturated carbocycles. The van der Waals surface area contributed by atoms with Gasteiger partial charge in [0.2, 0.25) is 11.7 Å². The number of piperidine rings is 5. The summed E-state index contributed by atoms with van der Waals surface area (Å²) < 4.78 is 47.0. The molecule has 6 saturated heterocycles. The van der Waals surface area contributed by atoms with Crippen LogP contribution >= 0.6 is 0 Å². The van der Waals surface area contributed by atoms with E-state index in [0.717, 1.165) is 277 Å². The first-order valence-electron chi connectivity index (χ1n) is 53.4. The van der Waals surface area contributed by atoms with Gasteiger partial charge in [-0.05, 0) is 285 Å². The Morgan fingerprint density at radius 3 is 1.19 bits per heavy atom. The zero-order valence-electron chi connectivity index (χ0n) is 88.9. The number of benzene rings is 5. The van der Waals surface area contributed by atoms with Crippen molar-refractivity contribution in [1.82, 2.24) is 107 Å².